The Bertz CT molecular complexity index is 1620. The third-order valence-corrected chi connectivity index (χ3v) is 7.38. The van der Waals surface area contributed by atoms with Crippen molar-refractivity contribution in [3.8, 4) is 0 Å². The van der Waals surface area contributed by atoms with Crippen LogP contribution in [0.1, 0.15) is 48.6 Å². The molecule has 4 aromatic rings. The highest BCUT2D eigenvalue weighted by atomic mass is 16.5. The standard InChI is InChI=1S/C26H23N3O2/c1-4-8-14-17(5-2)29-23-20(14)16-12-27-25(30)22(16)21-15-9-6-7-10-18(15)28(24(21)23)19-11-13(3)26(29)31-19/h4-10,13,19,26H,1,11-12H2,2-3H3,(H,27,30)/b14-8+,17-5+/t13-,19-,26+/m1/s1. The molecular weight excluding hydrogens is 386 g/mol. The lowest BCUT2D eigenvalue weighted by Gasteiger charge is -2.18. The zero-order valence-corrected chi connectivity index (χ0v) is 17.6. The summed E-state index contributed by atoms with van der Waals surface area (Å²) in [6.45, 7) is 8.88. The molecule has 2 bridgehead atoms. The van der Waals surface area contributed by atoms with Crippen LogP contribution in [0, 0.1) is 5.92 Å². The Morgan fingerprint density at radius 3 is 2.81 bits per heavy atom. The highest BCUT2D eigenvalue weighted by Crippen LogP contribution is 2.50. The van der Waals surface area contributed by atoms with Crippen LogP contribution >= 0.6 is 0 Å². The van der Waals surface area contributed by atoms with Crippen molar-refractivity contribution >= 4 is 50.8 Å². The number of carbonyl (C=O) groups excluding carboxylic acids is 1. The summed E-state index contributed by atoms with van der Waals surface area (Å²) in [6.07, 6.45) is 6.97. The van der Waals surface area contributed by atoms with Gasteiger partial charge in [0.2, 0.25) is 0 Å². The first-order valence-corrected chi connectivity index (χ1v) is 11.0. The van der Waals surface area contributed by atoms with Gasteiger partial charge in [0.15, 0.2) is 0 Å². The Morgan fingerprint density at radius 2 is 2.00 bits per heavy atom. The van der Waals surface area contributed by atoms with E-state index >= 15 is 0 Å². The number of benzene rings is 2. The van der Waals surface area contributed by atoms with Crippen LogP contribution in [0.2, 0.25) is 0 Å². The van der Waals surface area contributed by atoms with Gasteiger partial charge < -0.3 is 19.2 Å². The van der Waals surface area contributed by atoms with Crippen molar-refractivity contribution in [1.82, 2.24) is 14.5 Å². The van der Waals surface area contributed by atoms with Crippen LogP contribution in [-0.4, -0.2) is 15.0 Å². The number of rotatable bonds is 1. The van der Waals surface area contributed by atoms with E-state index in [0.717, 1.165) is 55.3 Å². The average Bonchev–Trinajstić information content (AvgIpc) is 3.47. The van der Waals surface area contributed by atoms with Gasteiger partial charge in [0.25, 0.3) is 5.91 Å². The van der Waals surface area contributed by atoms with Gasteiger partial charge in [-0.2, -0.15) is 0 Å². The first-order chi connectivity index (χ1) is 15.2. The van der Waals surface area contributed by atoms with E-state index in [4.69, 9.17) is 4.74 Å². The van der Waals surface area contributed by atoms with Gasteiger partial charge in [-0.05, 0) is 25.0 Å². The largest absolute Gasteiger partial charge is 0.348 e. The van der Waals surface area contributed by atoms with Gasteiger partial charge in [-0.1, -0.05) is 49.9 Å². The van der Waals surface area contributed by atoms with E-state index in [1.165, 1.54) is 5.52 Å². The SMILES string of the molecule is C=C/C=c1\c(=C/C)n2c3c1c1c(c4c5ccccc5n(c43)[C@H]3C[C@@H](C)[C@@H]2O3)C(=O)NC1. The van der Waals surface area contributed by atoms with Crippen molar-refractivity contribution in [2.75, 3.05) is 0 Å². The number of para-hydroxylation sites is 1. The Kier molecular flexibility index (Phi) is 3.18. The summed E-state index contributed by atoms with van der Waals surface area (Å²) >= 11 is 0. The van der Waals surface area contributed by atoms with E-state index in [1.807, 2.05) is 6.08 Å². The number of hydrogen-bond donors (Lipinski definition) is 1. The molecule has 1 fully saturated rings. The van der Waals surface area contributed by atoms with Crippen LogP contribution in [0.15, 0.2) is 36.9 Å². The van der Waals surface area contributed by atoms with Gasteiger partial charge in [0.1, 0.15) is 12.5 Å². The van der Waals surface area contributed by atoms with Gasteiger partial charge >= 0.3 is 0 Å². The summed E-state index contributed by atoms with van der Waals surface area (Å²) in [6, 6.07) is 8.43. The fourth-order valence-electron chi connectivity index (χ4n) is 6.29. The molecule has 0 saturated carbocycles. The number of nitrogens with one attached hydrogen (secondary N) is 1. The van der Waals surface area contributed by atoms with E-state index in [0.29, 0.717) is 12.5 Å². The van der Waals surface area contributed by atoms with Crippen LogP contribution < -0.4 is 15.9 Å². The monoisotopic (exact) mass is 409 g/mol. The van der Waals surface area contributed by atoms with Gasteiger partial charge in [-0.15, -0.1) is 0 Å². The van der Waals surface area contributed by atoms with E-state index in [-0.39, 0.29) is 18.4 Å². The zero-order chi connectivity index (χ0) is 21.0. The Labute approximate surface area is 178 Å². The molecule has 2 aromatic heterocycles. The van der Waals surface area contributed by atoms with E-state index in [9.17, 15) is 4.79 Å². The Hall–Kier alpha value is -3.31. The molecule has 2 aromatic carbocycles. The van der Waals surface area contributed by atoms with Crippen molar-refractivity contribution in [2.45, 2.75) is 39.3 Å². The van der Waals surface area contributed by atoms with Crippen LogP contribution in [0.4, 0.5) is 0 Å². The smallest absolute Gasteiger partial charge is 0.252 e. The minimum Gasteiger partial charge on any atom is -0.348 e. The predicted octanol–water partition coefficient (Wildman–Crippen LogP) is 3.83. The van der Waals surface area contributed by atoms with Gasteiger partial charge in [-0.3, -0.25) is 4.79 Å². The Balaban J connectivity index is 1.92. The van der Waals surface area contributed by atoms with Gasteiger partial charge in [0, 0.05) is 39.2 Å². The molecule has 7 rings (SSSR count). The lowest BCUT2D eigenvalue weighted by Crippen LogP contribution is -2.32. The maximum atomic E-state index is 13.1. The molecule has 1 amide bonds. The van der Waals surface area contributed by atoms with E-state index in [2.05, 4.69) is 71.3 Å². The number of allylic oxidation sites excluding steroid dienone is 1. The van der Waals surface area contributed by atoms with E-state index in [1.54, 1.807) is 0 Å². The zero-order valence-electron chi connectivity index (χ0n) is 17.6. The fraction of sp³-hybridized carbons (Fsp3) is 0.269. The quantitative estimate of drug-likeness (QED) is 0.520. The summed E-state index contributed by atoms with van der Waals surface area (Å²) in [5.74, 6) is 0.399. The number of carbonyl (C=O) groups is 1. The minimum atomic E-state index is -0.0374. The highest BCUT2D eigenvalue weighted by Gasteiger charge is 2.42. The van der Waals surface area contributed by atoms with Crippen molar-refractivity contribution in [3.63, 3.8) is 0 Å². The molecule has 0 radical (unpaired) electrons. The first-order valence-electron chi connectivity index (χ1n) is 11.0. The molecule has 3 aliphatic rings. The molecule has 1 saturated heterocycles. The van der Waals surface area contributed by atoms with Crippen LogP contribution in [0.3, 0.4) is 0 Å². The second-order valence-corrected chi connectivity index (χ2v) is 8.92. The lowest BCUT2D eigenvalue weighted by atomic mass is 9.97. The van der Waals surface area contributed by atoms with Gasteiger partial charge in [-0.25, -0.2) is 0 Å². The van der Waals surface area contributed by atoms with Crippen molar-refractivity contribution < 1.29 is 9.53 Å². The van der Waals surface area contributed by atoms with Crippen LogP contribution in [-0.2, 0) is 11.3 Å². The highest BCUT2D eigenvalue weighted by molar-refractivity contribution is 6.27. The molecule has 154 valence electrons. The molecule has 3 atom stereocenters. The number of ether oxygens (including phenoxy) is 1. The second kappa shape index (κ2) is 5.68. The molecule has 5 heterocycles. The normalized spacial score (nSPS) is 25.2. The van der Waals surface area contributed by atoms with Crippen LogP contribution in [0.25, 0.3) is 44.9 Å². The fourth-order valence-corrected chi connectivity index (χ4v) is 6.29. The molecule has 0 aliphatic carbocycles. The van der Waals surface area contributed by atoms with Crippen LogP contribution in [0.5, 0.6) is 0 Å². The third kappa shape index (κ3) is 1.85. The maximum Gasteiger partial charge on any atom is 0.252 e. The molecule has 1 N–H and O–H groups in total. The Morgan fingerprint density at radius 1 is 1.19 bits per heavy atom. The molecule has 0 spiro atoms. The topological polar surface area (TPSA) is 48.2 Å². The molecule has 5 nitrogen and oxygen atoms in total. The second-order valence-electron chi connectivity index (χ2n) is 8.92. The molecule has 31 heavy (non-hydrogen) atoms. The first kappa shape index (κ1) is 17.4. The number of aromatic nitrogens is 2. The third-order valence-electron chi connectivity index (χ3n) is 7.38. The molecular formula is C26H23N3O2. The average molecular weight is 409 g/mol. The number of fused-ring (bicyclic) bond motifs is 10. The van der Waals surface area contributed by atoms with Gasteiger partial charge in [0.05, 0.1) is 22.1 Å². The maximum absolute atomic E-state index is 13.1. The summed E-state index contributed by atoms with van der Waals surface area (Å²) in [5.41, 5.74) is 5.35. The molecule has 5 heteroatoms. The molecule has 3 aliphatic heterocycles. The summed E-state index contributed by atoms with van der Waals surface area (Å²) < 4.78 is 11.5. The van der Waals surface area contributed by atoms with Crippen molar-refractivity contribution in [3.05, 3.63) is 58.6 Å². The summed E-state index contributed by atoms with van der Waals surface area (Å²) in [4.78, 5) is 13.1. The van der Waals surface area contributed by atoms with E-state index < -0.39 is 0 Å². The summed E-state index contributed by atoms with van der Waals surface area (Å²) in [5, 5.41) is 8.70. The summed E-state index contributed by atoms with van der Waals surface area (Å²) in [7, 11) is 0. The molecule has 0 unspecified atom stereocenters. The number of amides is 1. The number of nitrogens with zero attached hydrogens (tertiary/aromatic N) is 2. The number of hydrogen-bond acceptors (Lipinski definition) is 2. The predicted molar refractivity (Wildman–Crippen MR) is 123 cm³/mol. The van der Waals surface area contributed by atoms with Crippen molar-refractivity contribution in [2.24, 2.45) is 5.92 Å². The lowest BCUT2D eigenvalue weighted by molar-refractivity contribution is -0.0350. The van der Waals surface area contributed by atoms with Crippen molar-refractivity contribution in [1.29, 1.82) is 0 Å². The minimum absolute atomic E-state index is 0.0165.